The highest BCUT2D eigenvalue weighted by Gasteiger charge is 2.13. The molecule has 5 heteroatoms. The van der Waals surface area contributed by atoms with Crippen molar-refractivity contribution in [3.63, 3.8) is 0 Å². The molecule has 110 valence electrons. The van der Waals surface area contributed by atoms with E-state index in [-0.39, 0.29) is 0 Å². The molecule has 0 aromatic heterocycles. The van der Waals surface area contributed by atoms with E-state index in [1.807, 2.05) is 0 Å². The number of benzene rings is 1. The predicted octanol–water partition coefficient (Wildman–Crippen LogP) is 1.32. The number of hydrogen-bond acceptors (Lipinski definition) is 4. The third-order valence-electron chi connectivity index (χ3n) is 3.70. The Morgan fingerprint density at radius 2 is 2.00 bits per heavy atom. The third-order valence-corrected chi connectivity index (χ3v) is 3.70. The number of rotatable bonds is 5. The Morgan fingerprint density at radius 1 is 1.30 bits per heavy atom. The zero-order chi connectivity index (χ0) is 14.5. The lowest BCUT2D eigenvalue weighted by molar-refractivity contribution is 0.0696. The molecule has 0 spiro atoms. The summed E-state index contributed by atoms with van der Waals surface area (Å²) in [4.78, 5) is 15.6. The van der Waals surface area contributed by atoms with E-state index in [9.17, 15) is 4.79 Å². The molecular formula is C15H22N2O3. The molecule has 20 heavy (non-hydrogen) atoms. The number of aryl methyl sites for hydroxylation is 1. The van der Waals surface area contributed by atoms with Crippen LogP contribution in [0.4, 0.5) is 0 Å². The van der Waals surface area contributed by atoms with Gasteiger partial charge in [-0.25, -0.2) is 4.79 Å². The minimum Gasteiger partial charge on any atom is -0.492 e. The Hall–Kier alpha value is -1.59. The topological polar surface area (TPSA) is 53.0 Å². The first-order valence-corrected chi connectivity index (χ1v) is 6.94. The van der Waals surface area contributed by atoms with Crippen molar-refractivity contribution >= 4 is 5.97 Å². The Balaban J connectivity index is 1.79. The van der Waals surface area contributed by atoms with Crippen molar-refractivity contribution in [2.75, 3.05) is 46.4 Å². The molecular weight excluding hydrogens is 256 g/mol. The van der Waals surface area contributed by atoms with Gasteiger partial charge in [0.1, 0.15) is 12.4 Å². The fraction of sp³-hybridized carbons (Fsp3) is 0.533. The van der Waals surface area contributed by atoms with Gasteiger partial charge in [0, 0.05) is 32.7 Å². The molecule has 2 rings (SSSR count). The minimum absolute atomic E-state index is 0.330. The summed E-state index contributed by atoms with van der Waals surface area (Å²) in [5.41, 5.74) is 1.06. The average molecular weight is 278 g/mol. The van der Waals surface area contributed by atoms with Gasteiger partial charge in [-0.3, -0.25) is 4.90 Å². The quantitative estimate of drug-likeness (QED) is 0.880. The number of carboxylic acid groups (broad SMARTS) is 1. The van der Waals surface area contributed by atoms with E-state index in [1.165, 1.54) is 0 Å². The van der Waals surface area contributed by atoms with Crippen LogP contribution in [0.15, 0.2) is 18.2 Å². The van der Waals surface area contributed by atoms with Crippen LogP contribution in [0.1, 0.15) is 15.9 Å². The lowest BCUT2D eigenvalue weighted by atomic mass is 10.1. The second-order valence-electron chi connectivity index (χ2n) is 5.28. The summed E-state index contributed by atoms with van der Waals surface area (Å²) >= 11 is 0. The molecule has 1 aromatic rings. The van der Waals surface area contributed by atoms with Gasteiger partial charge in [0.15, 0.2) is 0 Å². The van der Waals surface area contributed by atoms with Crippen LogP contribution in [0.2, 0.25) is 0 Å². The molecule has 5 nitrogen and oxygen atoms in total. The minimum atomic E-state index is -0.897. The van der Waals surface area contributed by atoms with E-state index in [1.54, 1.807) is 25.1 Å². The summed E-state index contributed by atoms with van der Waals surface area (Å²) in [6.07, 6.45) is 0. The van der Waals surface area contributed by atoms with Crippen LogP contribution < -0.4 is 4.74 Å². The molecule has 1 heterocycles. The second kappa shape index (κ2) is 6.72. The van der Waals surface area contributed by atoms with Gasteiger partial charge < -0.3 is 14.7 Å². The van der Waals surface area contributed by atoms with Crippen LogP contribution in [-0.4, -0.2) is 67.3 Å². The maximum absolute atomic E-state index is 10.9. The van der Waals surface area contributed by atoms with Crippen molar-refractivity contribution in [2.24, 2.45) is 0 Å². The zero-order valence-corrected chi connectivity index (χ0v) is 12.1. The first kappa shape index (κ1) is 14.8. The van der Waals surface area contributed by atoms with E-state index >= 15 is 0 Å². The van der Waals surface area contributed by atoms with Crippen molar-refractivity contribution in [3.8, 4) is 5.75 Å². The number of ether oxygens (including phenoxy) is 1. The van der Waals surface area contributed by atoms with Gasteiger partial charge >= 0.3 is 5.97 Å². The van der Waals surface area contributed by atoms with Crippen LogP contribution in [0.3, 0.4) is 0 Å². The van der Waals surface area contributed by atoms with Gasteiger partial charge in [-0.15, -0.1) is 0 Å². The van der Waals surface area contributed by atoms with E-state index in [4.69, 9.17) is 9.84 Å². The first-order valence-electron chi connectivity index (χ1n) is 6.94. The average Bonchev–Trinajstić information content (AvgIpc) is 2.41. The molecule has 0 aliphatic carbocycles. The smallest absolute Gasteiger partial charge is 0.335 e. The van der Waals surface area contributed by atoms with Gasteiger partial charge in [0.25, 0.3) is 0 Å². The lowest BCUT2D eigenvalue weighted by Gasteiger charge is -2.32. The molecule has 1 saturated heterocycles. The van der Waals surface area contributed by atoms with E-state index in [0.29, 0.717) is 12.2 Å². The molecule has 0 bridgehead atoms. The standard InChI is InChI=1S/C15H22N2O3/c1-12-11-13(3-4-14(12)15(18)19)20-10-9-17-7-5-16(2)6-8-17/h3-4,11H,5-10H2,1-2H3,(H,18,19). The fourth-order valence-electron chi connectivity index (χ4n) is 2.33. The predicted molar refractivity (Wildman–Crippen MR) is 77.6 cm³/mol. The summed E-state index contributed by atoms with van der Waals surface area (Å²) in [7, 11) is 2.14. The summed E-state index contributed by atoms with van der Waals surface area (Å²) in [6, 6.07) is 5.11. The number of carbonyl (C=O) groups is 1. The van der Waals surface area contributed by atoms with Crippen molar-refractivity contribution in [2.45, 2.75) is 6.92 Å². The molecule has 0 unspecified atom stereocenters. The summed E-state index contributed by atoms with van der Waals surface area (Å²) < 4.78 is 5.70. The highest BCUT2D eigenvalue weighted by Crippen LogP contribution is 2.17. The highest BCUT2D eigenvalue weighted by molar-refractivity contribution is 5.89. The summed E-state index contributed by atoms with van der Waals surface area (Å²) in [6.45, 7) is 7.70. The summed E-state index contributed by atoms with van der Waals surface area (Å²) in [5.74, 6) is -0.159. The highest BCUT2D eigenvalue weighted by atomic mass is 16.5. The van der Waals surface area contributed by atoms with E-state index in [0.717, 1.165) is 44.0 Å². The number of likely N-dealkylation sites (N-methyl/N-ethyl adjacent to an activating group) is 1. The molecule has 1 aliphatic heterocycles. The van der Waals surface area contributed by atoms with Crippen LogP contribution in [0, 0.1) is 6.92 Å². The SMILES string of the molecule is Cc1cc(OCCN2CCN(C)CC2)ccc1C(=O)O. The van der Waals surface area contributed by atoms with E-state index in [2.05, 4.69) is 16.8 Å². The number of nitrogens with zero attached hydrogens (tertiary/aromatic N) is 2. The molecule has 0 radical (unpaired) electrons. The fourth-order valence-corrected chi connectivity index (χ4v) is 2.33. The van der Waals surface area contributed by atoms with Crippen LogP contribution in [0.5, 0.6) is 5.75 Å². The monoisotopic (exact) mass is 278 g/mol. The number of aromatic carboxylic acids is 1. The number of carboxylic acids is 1. The molecule has 1 aliphatic rings. The van der Waals surface area contributed by atoms with Crippen molar-refractivity contribution in [3.05, 3.63) is 29.3 Å². The molecule has 0 atom stereocenters. The largest absolute Gasteiger partial charge is 0.492 e. The zero-order valence-electron chi connectivity index (χ0n) is 12.1. The first-order chi connectivity index (χ1) is 9.56. The van der Waals surface area contributed by atoms with Crippen molar-refractivity contribution in [1.82, 2.24) is 9.80 Å². The molecule has 0 saturated carbocycles. The Kier molecular flexibility index (Phi) is 4.98. The van der Waals surface area contributed by atoms with Crippen LogP contribution in [0.25, 0.3) is 0 Å². The van der Waals surface area contributed by atoms with Crippen molar-refractivity contribution in [1.29, 1.82) is 0 Å². The van der Waals surface area contributed by atoms with Gasteiger partial charge in [-0.05, 0) is 37.7 Å². The normalized spacial score (nSPS) is 17.1. The number of hydrogen-bond donors (Lipinski definition) is 1. The molecule has 0 amide bonds. The van der Waals surface area contributed by atoms with E-state index < -0.39 is 5.97 Å². The molecule has 1 N–H and O–H groups in total. The Labute approximate surface area is 119 Å². The van der Waals surface area contributed by atoms with Gasteiger partial charge in [0.05, 0.1) is 5.56 Å². The molecule has 1 fully saturated rings. The maximum atomic E-state index is 10.9. The Morgan fingerprint density at radius 3 is 2.60 bits per heavy atom. The van der Waals surface area contributed by atoms with Crippen LogP contribution >= 0.6 is 0 Å². The summed E-state index contributed by atoms with van der Waals surface area (Å²) in [5, 5.41) is 8.97. The van der Waals surface area contributed by atoms with Gasteiger partial charge in [0.2, 0.25) is 0 Å². The second-order valence-corrected chi connectivity index (χ2v) is 5.28. The third kappa shape index (κ3) is 3.95. The molecule has 1 aromatic carbocycles. The van der Waals surface area contributed by atoms with Gasteiger partial charge in [-0.2, -0.15) is 0 Å². The number of piperazine rings is 1. The maximum Gasteiger partial charge on any atom is 0.335 e. The lowest BCUT2D eigenvalue weighted by Crippen LogP contribution is -2.45. The van der Waals surface area contributed by atoms with Crippen molar-refractivity contribution < 1.29 is 14.6 Å². The van der Waals surface area contributed by atoms with Gasteiger partial charge in [-0.1, -0.05) is 0 Å². The Bertz CT molecular complexity index is 468. The van der Waals surface area contributed by atoms with Crippen LogP contribution in [-0.2, 0) is 0 Å².